The van der Waals surface area contributed by atoms with Crippen LogP contribution in [0.15, 0.2) is 0 Å². The van der Waals surface area contributed by atoms with Gasteiger partial charge in [0.05, 0.1) is 19.6 Å². The largest absolute Gasteiger partial charge is 0.480 e. The molecule has 33 heavy (non-hydrogen) atoms. The molecule has 0 aromatic heterocycles. The summed E-state index contributed by atoms with van der Waals surface area (Å²) < 4.78 is 0. The molecule has 0 aliphatic carbocycles. The smallest absolute Gasteiger partial charge is 0.320 e. The summed E-state index contributed by atoms with van der Waals surface area (Å²) in [6.45, 7) is 0.733. The van der Waals surface area contributed by atoms with E-state index in [0.717, 1.165) is 0 Å². The second-order valence-corrected chi connectivity index (χ2v) is 7.90. The lowest BCUT2D eigenvalue weighted by molar-refractivity contribution is -0.145. The minimum absolute atomic E-state index is 0.0328. The normalized spacial score (nSPS) is 19.2. The van der Waals surface area contributed by atoms with Crippen molar-refractivity contribution < 1.29 is 44.4 Å². The van der Waals surface area contributed by atoms with Crippen molar-refractivity contribution in [1.82, 2.24) is 19.6 Å². The first kappa shape index (κ1) is 28.2. The molecular formula is C19H33N5O9. The van der Waals surface area contributed by atoms with E-state index in [1.165, 1.54) is 0 Å². The van der Waals surface area contributed by atoms with Crippen molar-refractivity contribution in [2.24, 2.45) is 5.73 Å². The maximum atomic E-state index is 11.9. The van der Waals surface area contributed by atoms with Gasteiger partial charge in [0.1, 0.15) is 6.04 Å². The Bertz CT molecular complexity index is 673. The fourth-order valence-electron chi connectivity index (χ4n) is 3.65. The van der Waals surface area contributed by atoms with E-state index in [0.29, 0.717) is 0 Å². The van der Waals surface area contributed by atoms with Crippen LogP contribution in [0.25, 0.3) is 0 Å². The number of rotatable bonds is 11. The number of carboxylic acid groups (broad SMARTS) is 4. The van der Waals surface area contributed by atoms with Crippen LogP contribution in [0, 0.1) is 0 Å². The molecular weight excluding hydrogens is 442 g/mol. The fourth-order valence-corrected chi connectivity index (χ4v) is 3.65. The number of amides is 1. The average molecular weight is 475 g/mol. The number of aliphatic carboxylic acids is 4. The zero-order chi connectivity index (χ0) is 25.0. The van der Waals surface area contributed by atoms with Crippen molar-refractivity contribution in [3.8, 4) is 0 Å². The molecule has 1 unspecified atom stereocenters. The first-order chi connectivity index (χ1) is 15.5. The molecule has 0 aromatic carbocycles. The van der Waals surface area contributed by atoms with Gasteiger partial charge in [0.15, 0.2) is 0 Å². The molecule has 1 aliphatic rings. The van der Waals surface area contributed by atoms with E-state index in [1.54, 1.807) is 19.6 Å². The van der Waals surface area contributed by atoms with E-state index in [2.05, 4.69) is 0 Å². The Morgan fingerprint density at radius 1 is 0.636 bits per heavy atom. The van der Waals surface area contributed by atoms with Crippen LogP contribution in [-0.2, 0) is 24.0 Å². The van der Waals surface area contributed by atoms with Crippen LogP contribution in [0.3, 0.4) is 0 Å². The molecule has 0 saturated carbocycles. The van der Waals surface area contributed by atoms with E-state index in [1.807, 2.05) is 0 Å². The number of carboxylic acids is 4. The van der Waals surface area contributed by atoms with Gasteiger partial charge in [-0.05, 0) is 6.42 Å². The van der Waals surface area contributed by atoms with E-state index in [4.69, 9.17) is 10.8 Å². The Morgan fingerprint density at radius 2 is 0.970 bits per heavy atom. The molecule has 0 bridgehead atoms. The Kier molecular flexibility index (Phi) is 12.3. The van der Waals surface area contributed by atoms with Crippen LogP contribution in [-0.4, -0.2) is 148 Å². The van der Waals surface area contributed by atoms with Crippen molar-refractivity contribution in [3.63, 3.8) is 0 Å². The lowest BCUT2D eigenvalue weighted by atomic mass is 10.1. The molecule has 0 spiro atoms. The van der Waals surface area contributed by atoms with Crippen LogP contribution >= 0.6 is 0 Å². The molecule has 0 radical (unpaired) electrons. The van der Waals surface area contributed by atoms with Crippen LogP contribution < -0.4 is 5.73 Å². The SMILES string of the molecule is NC(=O)CCC(C(=O)O)N1CCN(CC(=O)O)CCN(CC(=O)O)CCN(CC(=O)O)CC1. The van der Waals surface area contributed by atoms with Gasteiger partial charge in [-0.25, -0.2) is 0 Å². The van der Waals surface area contributed by atoms with E-state index in [9.17, 15) is 39.3 Å². The van der Waals surface area contributed by atoms with Gasteiger partial charge in [-0.2, -0.15) is 0 Å². The highest BCUT2D eigenvalue weighted by Gasteiger charge is 2.28. The molecule has 1 saturated heterocycles. The Hall–Kier alpha value is -2.81. The van der Waals surface area contributed by atoms with Gasteiger partial charge in [-0.3, -0.25) is 43.6 Å². The lowest BCUT2D eigenvalue weighted by Crippen LogP contribution is -2.52. The van der Waals surface area contributed by atoms with Gasteiger partial charge in [0, 0.05) is 58.8 Å². The minimum atomic E-state index is -1.16. The average Bonchev–Trinajstić information content (AvgIpc) is 2.67. The molecule has 1 heterocycles. The molecule has 14 nitrogen and oxygen atoms in total. The van der Waals surface area contributed by atoms with Crippen molar-refractivity contribution in [2.45, 2.75) is 18.9 Å². The maximum Gasteiger partial charge on any atom is 0.320 e. The highest BCUT2D eigenvalue weighted by molar-refractivity contribution is 5.77. The van der Waals surface area contributed by atoms with Crippen molar-refractivity contribution in [1.29, 1.82) is 0 Å². The number of carbonyl (C=O) groups is 5. The van der Waals surface area contributed by atoms with Crippen molar-refractivity contribution in [2.75, 3.05) is 72.0 Å². The third-order valence-corrected chi connectivity index (χ3v) is 5.34. The van der Waals surface area contributed by atoms with Gasteiger partial charge in [-0.1, -0.05) is 0 Å². The topological polar surface area (TPSA) is 205 Å². The summed E-state index contributed by atoms with van der Waals surface area (Å²) in [6.07, 6.45) is -0.176. The first-order valence-electron chi connectivity index (χ1n) is 10.6. The summed E-state index contributed by atoms with van der Waals surface area (Å²) in [4.78, 5) is 63.2. The number of hydrogen-bond acceptors (Lipinski definition) is 9. The molecule has 1 fully saturated rings. The minimum Gasteiger partial charge on any atom is -0.480 e. The molecule has 0 aromatic rings. The Labute approximate surface area is 191 Å². The number of nitrogens with two attached hydrogens (primary N) is 1. The van der Waals surface area contributed by atoms with Gasteiger partial charge >= 0.3 is 23.9 Å². The van der Waals surface area contributed by atoms with Crippen molar-refractivity contribution >= 4 is 29.8 Å². The van der Waals surface area contributed by atoms with E-state index >= 15 is 0 Å². The number of carbonyl (C=O) groups excluding carboxylic acids is 1. The maximum absolute atomic E-state index is 11.9. The quantitative estimate of drug-likeness (QED) is 0.205. The van der Waals surface area contributed by atoms with E-state index in [-0.39, 0.29) is 84.8 Å². The second-order valence-electron chi connectivity index (χ2n) is 7.90. The summed E-state index contributed by atoms with van der Waals surface area (Å²) >= 11 is 0. The predicted octanol–water partition coefficient (Wildman–Crippen LogP) is -2.82. The number of primary amides is 1. The molecule has 1 amide bonds. The van der Waals surface area contributed by atoms with Gasteiger partial charge in [-0.15, -0.1) is 0 Å². The third kappa shape index (κ3) is 12.1. The van der Waals surface area contributed by atoms with Crippen molar-refractivity contribution in [3.05, 3.63) is 0 Å². The molecule has 188 valence electrons. The third-order valence-electron chi connectivity index (χ3n) is 5.34. The van der Waals surface area contributed by atoms with Gasteiger partial charge in [0.25, 0.3) is 0 Å². The summed E-state index contributed by atoms with van der Waals surface area (Å²) in [6, 6.07) is -1.05. The highest BCUT2D eigenvalue weighted by atomic mass is 16.4. The zero-order valence-corrected chi connectivity index (χ0v) is 18.5. The number of hydrogen-bond donors (Lipinski definition) is 5. The van der Waals surface area contributed by atoms with Crippen LogP contribution in [0.2, 0.25) is 0 Å². The summed E-state index contributed by atoms with van der Waals surface area (Å²) in [5.41, 5.74) is 5.17. The summed E-state index contributed by atoms with van der Waals surface area (Å²) in [5, 5.41) is 37.3. The predicted molar refractivity (Wildman–Crippen MR) is 114 cm³/mol. The van der Waals surface area contributed by atoms with Gasteiger partial charge in [0.2, 0.25) is 5.91 Å². The van der Waals surface area contributed by atoms with Crippen LogP contribution in [0.5, 0.6) is 0 Å². The van der Waals surface area contributed by atoms with Crippen LogP contribution in [0.4, 0.5) is 0 Å². The summed E-state index contributed by atoms with van der Waals surface area (Å²) in [5.74, 6) is -5.01. The summed E-state index contributed by atoms with van der Waals surface area (Å²) in [7, 11) is 0. The molecule has 6 N–H and O–H groups in total. The molecule has 1 rings (SSSR count). The first-order valence-corrected chi connectivity index (χ1v) is 10.6. The standard InChI is InChI=1S/C19H33N5O9/c20-15(25)2-1-14(19(32)33)24-9-7-22(12-17(28)29)5-3-21(11-16(26)27)4-6-23(8-10-24)13-18(30)31/h14H,1-13H2,(H2,20,25)(H,26,27)(H,28,29)(H,30,31)(H,32,33). The second kappa shape index (κ2) is 14.4. The van der Waals surface area contributed by atoms with Gasteiger partial charge < -0.3 is 26.2 Å². The number of nitrogens with zero attached hydrogens (tertiary/aromatic N) is 4. The lowest BCUT2D eigenvalue weighted by Gasteiger charge is -2.35. The Balaban J connectivity index is 3.11. The Morgan fingerprint density at radius 3 is 1.24 bits per heavy atom. The van der Waals surface area contributed by atoms with Crippen LogP contribution in [0.1, 0.15) is 12.8 Å². The monoisotopic (exact) mass is 475 g/mol. The molecule has 14 heteroatoms. The zero-order valence-electron chi connectivity index (χ0n) is 18.5. The fraction of sp³-hybridized carbons (Fsp3) is 0.737. The van der Waals surface area contributed by atoms with E-state index < -0.39 is 35.8 Å². The molecule has 1 atom stereocenters. The molecule has 1 aliphatic heterocycles. The highest BCUT2D eigenvalue weighted by Crippen LogP contribution is 2.10.